The van der Waals surface area contributed by atoms with Gasteiger partial charge in [0.25, 0.3) is 0 Å². The van der Waals surface area contributed by atoms with E-state index in [4.69, 9.17) is 0 Å². The Hall–Kier alpha value is -1.50. The van der Waals surface area contributed by atoms with Crippen LogP contribution in [0.15, 0.2) is 0 Å². The lowest BCUT2D eigenvalue weighted by atomic mass is 9.97. The molecule has 0 radical (unpaired) electrons. The lowest BCUT2D eigenvalue weighted by Gasteiger charge is -2.39. The highest BCUT2D eigenvalue weighted by atomic mass is 32.1. The molecule has 0 aromatic carbocycles. The number of anilines is 1. The maximum atomic E-state index is 12.3. The molecule has 122 valence electrons. The Morgan fingerprint density at radius 3 is 2.50 bits per heavy atom. The molecule has 1 fully saturated rings. The smallest absolute Gasteiger partial charge is 0.226 e. The zero-order valence-electron chi connectivity index (χ0n) is 13.5. The van der Waals surface area contributed by atoms with Gasteiger partial charge in [0, 0.05) is 24.9 Å². The van der Waals surface area contributed by atoms with Crippen LogP contribution in [0.25, 0.3) is 0 Å². The summed E-state index contributed by atoms with van der Waals surface area (Å²) in [6, 6.07) is 0.546. The van der Waals surface area contributed by atoms with Crippen LogP contribution in [0, 0.1) is 0 Å². The molecular formula is C15H24N4O2S. The van der Waals surface area contributed by atoms with Crippen molar-refractivity contribution in [2.45, 2.75) is 71.4 Å². The number of rotatable bonds is 5. The van der Waals surface area contributed by atoms with Gasteiger partial charge in [-0.2, -0.15) is 0 Å². The van der Waals surface area contributed by atoms with E-state index in [1.807, 2.05) is 11.8 Å². The Bertz CT molecular complexity index is 521. The molecule has 6 nitrogen and oxygen atoms in total. The number of hydrogen-bond donors (Lipinski definition) is 1. The van der Waals surface area contributed by atoms with Gasteiger partial charge in [-0.15, -0.1) is 10.2 Å². The van der Waals surface area contributed by atoms with Gasteiger partial charge in [0.05, 0.1) is 0 Å². The molecule has 1 N–H and O–H groups in total. The van der Waals surface area contributed by atoms with Gasteiger partial charge >= 0.3 is 0 Å². The average molecular weight is 324 g/mol. The second-order valence-electron chi connectivity index (χ2n) is 5.83. The van der Waals surface area contributed by atoms with E-state index >= 15 is 0 Å². The van der Waals surface area contributed by atoms with Crippen molar-refractivity contribution in [2.75, 3.05) is 5.32 Å². The molecule has 1 aliphatic rings. The number of carbonyl (C=O) groups is 2. The normalized spacial score (nSPS) is 21.7. The summed E-state index contributed by atoms with van der Waals surface area (Å²) in [5.41, 5.74) is 0. The van der Waals surface area contributed by atoms with Crippen molar-refractivity contribution in [2.24, 2.45) is 0 Å². The topological polar surface area (TPSA) is 75.2 Å². The third kappa shape index (κ3) is 4.25. The molecule has 22 heavy (non-hydrogen) atoms. The minimum Gasteiger partial charge on any atom is -0.337 e. The molecule has 2 heterocycles. The first-order valence-electron chi connectivity index (χ1n) is 7.94. The number of amides is 2. The first-order valence-corrected chi connectivity index (χ1v) is 8.76. The standard InChI is InChI=1S/C15H24N4O2S/c1-4-13-17-18-15(22-13)16-12(20)8-9-14(21)19-10(2)6-5-7-11(19)3/h10-11H,4-9H2,1-3H3,(H,16,18,20). The highest BCUT2D eigenvalue weighted by molar-refractivity contribution is 7.15. The van der Waals surface area contributed by atoms with Crippen molar-refractivity contribution in [3.05, 3.63) is 5.01 Å². The van der Waals surface area contributed by atoms with Gasteiger partial charge in [0.1, 0.15) is 5.01 Å². The summed E-state index contributed by atoms with van der Waals surface area (Å²) in [7, 11) is 0. The van der Waals surface area contributed by atoms with Crippen LogP contribution < -0.4 is 5.32 Å². The lowest BCUT2D eigenvalue weighted by Crippen LogP contribution is -2.47. The molecule has 2 unspecified atom stereocenters. The minimum absolute atomic E-state index is 0.0707. The Balaban J connectivity index is 1.81. The molecule has 1 aliphatic heterocycles. The predicted octanol–water partition coefficient (Wildman–Crippen LogP) is 2.61. The van der Waals surface area contributed by atoms with Gasteiger partial charge in [-0.1, -0.05) is 18.3 Å². The molecule has 7 heteroatoms. The van der Waals surface area contributed by atoms with Gasteiger partial charge in [-0.05, 0) is 39.5 Å². The molecule has 2 rings (SSSR count). The van der Waals surface area contributed by atoms with Crippen molar-refractivity contribution in [3.8, 4) is 0 Å². The van der Waals surface area contributed by atoms with Crippen LogP contribution in [0.1, 0.15) is 57.9 Å². The average Bonchev–Trinajstić information content (AvgIpc) is 2.92. The highest BCUT2D eigenvalue weighted by Crippen LogP contribution is 2.23. The third-order valence-corrected chi connectivity index (χ3v) is 5.05. The van der Waals surface area contributed by atoms with Crippen molar-refractivity contribution in [3.63, 3.8) is 0 Å². The van der Waals surface area contributed by atoms with E-state index in [1.54, 1.807) is 0 Å². The van der Waals surface area contributed by atoms with E-state index in [0.29, 0.717) is 5.13 Å². The molecule has 0 spiro atoms. The Morgan fingerprint density at radius 1 is 1.23 bits per heavy atom. The summed E-state index contributed by atoms with van der Waals surface area (Å²) < 4.78 is 0. The molecule has 1 aromatic heterocycles. The van der Waals surface area contributed by atoms with Gasteiger partial charge in [0.2, 0.25) is 16.9 Å². The Kier molecular flexibility index (Phi) is 5.88. The fourth-order valence-electron chi connectivity index (χ4n) is 2.89. The van der Waals surface area contributed by atoms with E-state index in [1.165, 1.54) is 17.8 Å². The van der Waals surface area contributed by atoms with E-state index < -0.39 is 0 Å². The fraction of sp³-hybridized carbons (Fsp3) is 0.733. The number of hydrogen-bond acceptors (Lipinski definition) is 5. The SMILES string of the molecule is CCc1nnc(NC(=O)CCC(=O)N2C(C)CCCC2C)s1. The summed E-state index contributed by atoms with van der Waals surface area (Å²) in [4.78, 5) is 26.2. The third-order valence-electron chi connectivity index (χ3n) is 4.06. The Morgan fingerprint density at radius 2 is 1.91 bits per heavy atom. The number of piperidine rings is 1. The van der Waals surface area contributed by atoms with Gasteiger partial charge in [-0.3, -0.25) is 9.59 Å². The van der Waals surface area contributed by atoms with Crippen LogP contribution in [-0.4, -0.2) is 39.0 Å². The van der Waals surface area contributed by atoms with E-state index in [2.05, 4.69) is 29.4 Å². The van der Waals surface area contributed by atoms with Crippen LogP contribution in [0.3, 0.4) is 0 Å². The monoisotopic (exact) mass is 324 g/mol. The summed E-state index contributed by atoms with van der Waals surface area (Å²) in [6.07, 6.45) is 4.51. The van der Waals surface area contributed by atoms with Crippen LogP contribution in [0.2, 0.25) is 0 Å². The van der Waals surface area contributed by atoms with Gasteiger partial charge in [0.15, 0.2) is 0 Å². The second kappa shape index (κ2) is 7.67. The maximum Gasteiger partial charge on any atom is 0.226 e. The molecule has 2 atom stereocenters. The molecule has 2 amide bonds. The summed E-state index contributed by atoms with van der Waals surface area (Å²) >= 11 is 1.37. The van der Waals surface area contributed by atoms with Crippen LogP contribution in [0.5, 0.6) is 0 Å². The van der Waals surface area contributed by atoms with Crippen LogP contribution in [-0.2, 0) is 16.0 Å². The van der Waals surface area contributed by atoms with E-state index in [-0.39, 0.29) is 36.7 Å². The number of likely N-dealkylation sites (tertiary alicyclic amines) is 1. The molecule has 0 aliphatic carbocycles. The van der Waals surface area contributed by atoms with Crippen molar-refractivity contribution in [1.29, 1.82) is 0 Å². The van der Waals surface area contributed by atoms with E-state index in [9.17, 15) is 9.59 Å². The summed E-state index contributed by atoms with van der Waals surface area (Å²) in [5, 5.41) is 12.0. The minimum atomic E-state index is -0.176. The van der Waals surface area contributed by atoms with Gasteiger partial charge in [-0.25, -0.2) is 0 Å². The fourth-order valence-corrected chi connectivity index (χ4v) is 3.59. The van der Waals surface area contributed by atoms with Crippen LogP contribution >= 0.6 is 11.3 Å². The molecule has 1 aromatic rings. The largest absolute Gasteiger partial charge is 0.337 e. The number of nitrogens with zero attached hydrogens (tertiary/aromatic N) is 3. The van der Waals surface area contributed by atoms with Gasteiger partial charge < -0.3 is 10.2 Å². The molecule has 0 bridgehead atoms. The first-order chi connectivity index (χ1) is 10.5. The maximum absolute atomic E-state index is 12.3. The zero-order chi connectivity index (χ0) is 16.1. The zero-order valence-corrected chi connectivity index (χ0v) is 14.3. The Labute approximate surface area is 135 Å². The predicted molar refractivity (Wildman–Crippen MR) is 86.8 cm³/mol. The molecule has 1 saturated heterocycles. The van der Waals surface area contributed by atoms with Crippen molar-refractivity contribution < 1.29 is 9.59 Å². The van der Waals surface area contributed by atoms with Crippen molar-refractivity contribution in [1.82, 2.24) is 15.1 Å². The molecule has 0 saturated carbocycles. The summed E-state index contributed by atoms with van der Waals surface area (Å²) in [6.45, 7) is 6.16. The van der Waals surface area contributed by atoms with Crippen LogP contribution in [0.4, 0.5) is 5.13 Å². The summed E-state index contributed by atoms with van der Waals surface area (Å²) in [5.74, 6) is -0.106. The number of nitrogens with one attached hydrogen (secondary N) is 1. The second-order valence-corrected chi connectivity index (χ2v) is 6.89. The quantitative estimate of drug-likeness (QED) is 0.903. The number of carbonyl (C=O) groups excluding carboxylic acids is 2. The first kappa shape index (κ1) is 16.9. The number of aryl methyl sites for hydroxylation is 1. The van der Waals surface area contributed by atoms with E-state index in [0.717, 1.165) is 24.3 Å². The molecular weight excluding hydrogens is 300 g/mol. The lowest BCUT2D eigenvalue weighted by molar-refractivity contribution is -0.138. The van der Waals surface area contributed by atoms with Crippen molar-refractivity contribution >= 4 is 28.3 Å². The number of aromatic nitrogens is 2. The highest BCUT2D eigenvalue weighted by Gasteiger charge is 2.28.